The summed E-state index contributed by atoms with van der Waals surface area (Å²) in [6, 6.07) is 7.66. The molecule has 0 aliphatic rings. The van der Waals surface area contributed by atoms with Crippen molar-refractivity contribution in [3.63, 3.8) is 0 Å². The van der Waals surface area contributed by atoms with Gasteiger partial charge in [-0.25, -0.2) is 0 Å². The van der Waals surface area contributed by atoms with Crippen LogP contribution >= 0.6 is 0 Å². The summed E-state index contributed by atoms with van der Waals surface area (Å²) in [5, 5.41) is 53.9. The van der Waals surface area contributed by atoms with E-state index in [1.807, 2.05) is 0 Å². The first-order chi connectivity index (χ1) is 17.5. The Kier molecular flexibility index (Phi) is 7.45. The molecule has 0 amide bonds. The van der Waals surface area contributed by atoms with Crippen molar-refractivity contribution in [3.05, 3.63) is 67.6 Å². The van der Waals surface area contributed by atoms with Crippen molar-refractivity contribution in [1.29, 1.82) is 31.6 Å². The molecule has 0 radical (unpaired) electrons. The zero-order valence-electron chi connectivity index (χ0n) is 17.8. The van der Waals surface area contributed by atoms with E-state index in [1.54, 1.807) is 0 Å². The van der Waals surface area contributed by atoms with Gasteiger partial charge in [-0.3, -0.25) is 0 Å². The largest absolute Gasteiger partial charge is 0.418 e. The maximum Gasteiger partial charge on any atom is 0.418 e. The lowest BCUT2D eigenvalue weighted by Gasteiger charge is -2.23. The fourth-order valence-electron chi connectivity index (χ4n) is 3.45. The normalized spacial score (nSPS) is 11.1. The van der Waals surface area contributed by atoms with Gasteiger partial charge in [0.2, 0.25) is 0 Å². The Morgan fingerprint density at radius 3 is 1.37 bits per heavy atom. The summed E-state index contributed by atoms with van der Waals surface area (Å²) in [6.45, 7) is 0. The average molecular weight is 534 g/mol. The summed E-state index contributed by atoms with van der Waals surface area (Å²) in [5.74, 6) is 0. The third kappa shape index (κ3) is 5.05. The number of rotatable bonds is 1. The molecule has 38 heavy (non-hydrogen) atoms. The molecule has 0 aromatic heterocycles. The van der Waals surface area contributed by atoms with Crippen LogP contribution in [0.1, 0.15) is 38.9 Å². The minimum Gasteiger partial charge on any atom is -0.192 e. The topological polar surface area (TPSA) is 143 Å². The van der Waals surface area contributed by atoms with Crippen LogP contribution < -0.4 is 10.4 Å². The van der Waals surface area contributed by atoms with E-state index in [4.69, 9.17) is 15.8 Å². The van der Waals surface area contributed by atoms with E-state index < -0.39 is 85.1 Å². The van der Waals surface area contributed by atoms with E-state index in [1.165, 1.54) is 24.3 Å². The molecule has 0 saturated carbocycles. The monoisotopic (exact) mass is 534 g/mol. The summed E-state index contributed by atoms with van der Waals surface area (Å²) < 4.78 is 124. The quantitative estimate of drug-likeness (QED) is 0.500. The van der Waals surface area contributed by atoms with Crippen LogP contribution in [0.15, 0.2) is 18.2 Å². The Labute approximate surface area is 205 Å². The Balaban J connectivity index is 3.48. The van der Waals surface area contributed by atoms with Gasteiger partial charge in [-0.05, 0) is 23.4 Å². The van der Waals surface area contributed by atoms with Gasteiger partial charge >= 0.3 is 18.5 Å². The first-order valence-corrected chi connectivity index (χ1v) is 9.27. The van der Waals surface area contributed by atoms with Crippen LogP contribution in [-0.4, -0.2) is 0 Å². The van der Waals surface area contributed by atoms with Crippen molar-refractivity contribution in [2.24, 2.45) is 0 Å². The number of alkyl halides is 9. The molecular formula is C23H3F9N6. The number of nitrogens with zero attached hydrogens (tertiary/aromatic N) is 6. The molecule has 0 fully saturated rings. The molecule has 0 aliphatic carbocycles. The predicted molar refractivity (Wildman–Crippen MR) is 104 cm³/mol. The Bertz CT molecular complexity index is 1680. The third-order valence-electron chi connectivity index (χ3n) is 4.83. The van der Waals surface area contributed by atoms with Gasteiger partial charge < -0.3 is 0 Å². The van der Waals surface area contributed by atoms with Crippen molar-refractivity contribution in [2.75, 3.05) is 0 Å². The molecule has 0 bridgehead atoms. The summed E-state index contributed by atoms with van der Waals surface area (Å²) in [5.41, 5.74) is -16.4. The molecule has 2 aromatic rings. The molecular weight excluding hydrogens is 531 g/mol. The minimum absolute atomic E-state index is 0.455. The third-order valence-corrected chi connectivity index (χ3v) is 4.83. The lowest BCUT2D eigenvalue weighted by atomic mass is 9.86. The van der Waals surface area contributed by atoms with Crippen LogP contribution in [-0.2, 0) is 18.5 Å². The Hall–Kier alpha value is -5.51. The molecule has 0 atom stereocenters. The van der Waals surface area contributed by atoms with Crippen LogP contribution in [0.4, 0.5) is 39.5 Å². The Morgan fingerprint density at radius 1 is 0.579 bits per heavy atom. The van der Waals surface area contributed by atoms with Crippen molar-refractivity contribution < 1.29 is 39.5 Å². The molecule has 2 aromatic carbocycles. The maximum absolute atomic E-state index is 14.0. The maximum atomic E-state index is 14.0. The van der Waals surface area contributed by atoms with Crippen molar-refractivity contribution in [3.8, 4) is 36.4 Å². The Morgan fingerprint density at radius 2 is 1.05 bits per heavy atom. The summed E-state index contributed by atoms with van der Waals surface area (Å²) in [4.78, 5) is 0. The SMILES string of the molecule is N#CC(c1cc(C(F)(F)F)c(C#N)c(C(F)(F)F)c1C(F)(F)F)=c1cc(C#N)c(=C(C#N)C#N)c(C#N)c1. The molecule has 0 saturated heterocycles. The van der Waals surface area contributed by atoms with Gasteiger partial charge in [0.25, 0.3) is 0 Å². The molecule has 0 N–H and O–H groups in total. The summed E-state index contributed by atoms with van der Waals surface area (Å²) in [7, 11) is 0. The van der Waals surface area contributed by atoms with E-state index in [0.717, 1.165) is 6.07 Å². The highest BCUT2D eigenvalue weighted by Crippen LogP contribution is 2.48. The summed E-state index contributed by atoms with van der Waals surface area (Å²) in [6.07, 6.45) is -18.0. The molecule has 0 spiro atoms. The number of hydrogen-bond donors (Lipinski definition) is 0. The molecule has 2 rings (SSSR count). The fraction of sp³-hybridized carbons (Fsp3) is 0.130. The van der Waals surface area contributed by atoms with Crippen molar-refractivity contribution >= 4 is 11.1 Å². The highest BCUT2D eigenvalue weighted by atomic mass is 19.4. The van der Waals surface area contributed by atoms with Crippen LogP contribution in [0, 0.1) is 68.0 Å². The second-order valence-corrected chi connectivity index (χ2v) is 6.96. The number of nitriles is 6. The highest BCUT2D eigenvalue weighted by molar-refractivity contribution is 5.82. The molecule has 0 aliphatic heterocycles. The smallest absolute Gasteiger partial charge is 0.192 e. The second-order valence-electron chi connectivity index (χ2n) is 6.96. The number of halogens is 9. The number of hydrogen-bond acceptors (Lipinski definition) is 6. The van der Waals surface area contributed by atoms with Crippen molar-refractivity contribution in [2.45, 2.75) is 18.5 Å². The standard InChI is InChI=1S/C23H3F9N6/c24-21(25,26)17-3-14(19(22(27,28)29)20(16(17)9-38)23(30,31)32)15(8-37)10-1-11(4-33)18(12(2-10)5-34)13(6-35)7-36/h1-3H. The van der Waals surface area contributed by atoms with Gasteiger partial charge in [-0.2, -0.15) is 71.1 Å². The lowest BCUT2D eigenvalue weighted by Crippen LogP contribution is -2.26. The van der Waals surface area contributed by atoms with Gasteiger partial charge in [-0.1, -0.05) is 0 Å². The van der Waals surface area contributed by atoms with Crippen LogP contribution in [0.5, 0.6) is 0 Å². The van der Waals surface area contributed by atoms with E-state index in [9.17, 15) is 55.3 Å². The lowest BCUT2D eigenvalue weighted by molar-refractivity contribution is -0.164. The second kappa shape index (κ2) is 9.86. The number of benzene rings is 2. The zero-order chi connectivity index (χ0) is 29.2. The summed E-state index contributed by atoms with van der Waals surface area (Å²) >= 11 is 0. The molecule has 0 unspecified atom stereocenters. The zero-order valence-corrected chi connectivity index (χ0v) is 17.8. The first-order valence-electron chi connectivity index (χ1n) is 9.27. The predicted octanol–water partition coefficient (Wildman–Crippen LogP) is 4.28. The van der Waals surface area contributed by atoms with E-state index in [2.05, 4.69) is 0 Å². The van der Waals surface area contributed by atoms with Gasteiger partial charge in [0.05, 0.1) is 51.1 Å². The molecule has 0 heterocycles. The fourth-order valence-corrected chi connectivity index (χ4v) is 3.45. The van der Waals surface area contributed by atoms with Crippen LogP contribution in [0.25, 0.3) is 11.1 Å². The van der Waals surface area contributed by atoms with Gasteiger partial charge in [-0.15, -0.1) is 0 Å². The van der Waals surface area contributed by atoms with Crippen LogP contribution in [0.3, 0.4) is 0 Å². The van der Waals surface area contributed by atoms with E-state index in [-0.39, 0.29) is 0 Å². The minimum atomic E-state index is -6.16. The van der Waals surface area contributed by atoms with E-state index >= 15 is 0 Å². The van der Waals surface area contributed by atoms with E-state index in [0.29, 0.717) is 18.2 Å². The molecule has 6 nitrogen and oxygen atoms in total. The highest BCUT2D eigenvalue weighted by Gasteiger charge is 2.50. The molecule has 188 valence electrons. The molecule has 15 heteroatoms. The van der Waals surface area contributed by atoms with Gasteiger partial charge in [0.1, 0.15) is 29.8 Å². The van der Waals surface area contributed by atoms with Crippen molar-refractivity contribution in [1.82, 2.24) is 0 Å². The average Bonchev–Trinajstić information content (AvgIpc) is 2.82. The van der Waals surface area contributed by atoms with Gasteiger partial charge in [0, 0.05) is 10.8 Å². The first kappa shape index (κ1) is 28.7. The van der Waals surface area contributed by atoms with Gasteiger partial charge in [0.15, 0.2) is 0 Å². The van der Waals surface area contributed by atoms with Crippen LogP contribution in [0.2, 0.25) is 0 Å².